The third kappa shape index (κ3) is 4.00. The number of thiophene rings is 1. The van der Waals surface area contributed by atoms with Gasteiger partial charge in [-0.05, 0) is 47.5 Å². The maximum Gasteiger partial charge on any atom is 0.160 e. The molecule has 0 saturated carbocycles. The SMILES string of the molecule is CCc1c(-c2cccc(-c3nc(-c4ccccc4)cc(-c4ccccc4)n3)c2)csc1C. The zero-order chi connectivity index (χ0) is 21.9. The van der Waals surface area contributed by atoms with Gasteiger partial charge in [0, 0.05) is 21.6 Å². The minimum Gasteiger partial charge on any atom is -0.228 e. The average molecular weight is 433 g/mol. The zero-order valence-electron chi connectivity index (χ0n) is 18.2. The highest BCUT2D eigenvalue weighted by atomic mass is 32.1. The third-order valence-corrected chi connectivity index (χ3v) is 6.71. The molecule has 5 aromatic rings. The number of aryl methyl sites for hydroxylation is 1. The zero-order valence-corrected chi connectivity index (χ0v) is 19.1. The first-order valence-electron chi connectivity index (χ1n) is 10.9. The van der Waals surface area contributed by atoms with Gasteiger partial charge in [0.25, 0.3) is 0 Å². The van der Waals surface area contributed by atoms with Crippen molar-refractivity contribution in [2.45, 2.75) is 20.3 Å². The molecule has 32 heavy (non-hydrogen) atoms. The molecule has 2 nitrogen and oxygen atoms in total. The Kier molecular flexibility index (Phi) is 5.66. The summed E-state index contributed by atoms with van der Waals surface area (Å²) in [5.74, 6) is 0.747. The standard InChI is InChI=1S/C29H24N2S/c1-3-25-20(2)32-19-26(25)23-15-10-16-24(17-23)29-30-27(21-11-6-4-7-12-21)18-28(31-29)22-13-8-5-9-14-22/h4-19H,3H2,1-2H3. The minimum absolute atomic E-state index is 0.747. The summed E-state index contributed by atoms with van der Waals surface area (Å²) in [6, 6.07) is 31.3. The van der Waals surface area contributed by atoms with Gasteiger partial charge in [0.15, 0.2) is 5.82 Å². The van der Waals surface area contributed by atoms with Crippen LogP contribution < -0.4 is 0 Å². The Morgan fingerprint density at radius 2 is 1.22 bits per heavy atom. The van der Waals surface area contributed by atoms with Gasteiger partial charge in [-0.2, -0.15) is 0 Å². The van der Waals surface area contributed by atoms with Crippen LogP contribution in [-0.2, 0) is 6.42 Å². The van der Waals surface area contributed by atoms with Crippen LogP contribution in [0.2, 0.25) is 0 Å². The van der Waals surface area contributed by atoms with Crippen LogP contribution in [0.1, 0.15) is 17.4 Å². The Morgan fingerprint density at radius 3 is 1.81 bits per heavy atom. The summed E-state index contributed by atoms with van der Waals surface area (Å²) < 4.78 is 0. The van der Waals surface area contributed by atoms with E-state index < -0.39 is 0 Å². The molecule has 3 heteroatoms. The maximum absolute atomic E-state index is 4.97. The van der Waals surface area contributed by atoms with Crippen molar-refractivity contribution in [3.05, 3.63) is 107 Å². The molecule has 2 aromatic heterocycles. The van der Waals surface area contributed by atoms with Crippen LogP contribution in [0.5, 0.6) is 0 Å². The van der Waals surface area contributed by atoms with Crippen LogP contribution in [0.15, 0.2) is 96.4 Å². The Balaban J connectivity index is 1.66. The molecule has 0 aliphatic heterocycles. The van der Waals surface area contributed by atoms with Gasteiger partial charge in [-0.15, -0.1) is 11.3 Å². The third-order valence-electron chi connectivity index (χ3n) is 5.75. The first-order chi connectivity index (χ1) is 15.7. The number of nitrogens with zero attached hydrogens (tertiary/aromatic N) is 2. The van der Waals surface area contributed by atoms with Crippen molar-refractivity contribution in [1.82, 2.24) is 9.97 Å². The van der Waals surface area contributed by atoms with E-state index in [1.807, 2.05) is 47.7 Å². The second-order valence-electron chi connectivity index (χ2n) is 7.81. The van der Waals surface area contributed by atoms with Gasteiger partial charge in [-0.3, -0.25) is 0 Å². The highest BCUT2D eigenvalue weighted by Crippen LogP contribution is 2.34. The van der Waals surface area contributed by atoms with Crippen LogP contribution in [0.3, 0.4) is 0 Å². The van der Waals surface area contributed by atoms with Gasteiger partial charge >= 0.3 is 0 Å². The minimum atomic E-state index is 0.747. The molecule has 0 spiro atoms. The molecule has 0 saturated heterocycles. The van der Waals surface area contributed by atoms with Gasteiger partial charge in [-0.1, -0.05) is 85.8 Å². The second-order valence-corrected chi connectivity index (χ2v) is 8.90. The van der Waals surface area contributed by atoms with E-state index >= 15 is 0 Å². The van der Waals surface area contributed by atoms with Crippen molar-refractivity contribution in [2.75, 3.05) is 0 Å². The van der Waals surface area contributed by atoms with Crippen molar-refractivity contribution in [3.8, 4) is 45.0 Å². The van der Waals surface area contributed by atoms with Crippen molar-refractivity contribution in [2.24, 2.45) is 0 Å². The molecule has 0 atom stereocenters. The lowest BCUT2D eigenvalue weighted by Crippen LogP contribution is -1.96. The molecule has 0 aliphatic rings. The van der Waals surface area contributed by atoms with E-state index in [1.165, 1.54) is 21.6 Å². The largest absolute Gasteiger partial charge is 0.228 e. The average Bonchev–Trinajstić information content (AvgIpc) is 3.25. The van der Waals surface area contributed by atoms with Gasteiger partial charge in [0.2, 0.25) is 0 Å². The fourth-order valence-electron chi connectivity index (χ4n) is 4.08. The molecule has 0 bridgehead atoms. The number of rotatable bonds is 5. The summed E-state index contributed by atoms with van der Waals surface area (Å²) in [4.78, 5) is 11.3. The van der Waals surface area contributed by atoms with Crippen molar-refractivity contribution >= 4 is 11.3 Å². The fraction of sp³-hybridized carbons (Fsp3) is 0.103. The quantitative estimate of drug-likeness (QED) is 0.280. The first kappa shape index (κ1) is 20.3. The normalized spacial score (nSPS) is 10.9. The van der Waals surface area contributed by atoms with Crippen molar-refractivity contribution in [1.29, 1.82) is 0 Å². The molecule has 0 N–H and O–H groups in total. The van der Waals surface area contributed by atoms with Gasteiger partial charge in [-0.25, -0.2) is 9.97 Å². The highest BCUT2D eigenvalue weighted by molar-refractivity contribution is 7.10. The molecule has 0 fully saturated rings. The monoisotopic (exact) mass is 432 g/mol. The fourth-order valence-corrected chi connectivity index (χ4v) is 5.05. The molecule has 2 heterocycles. The van der Waals surface area contributed by atoms with E-state index in [4.69, 9.17) is 9.97 Å². The lowest BCUT2D eigenvalue weighted by molar-refractivity contribution is 1.14. The predicted molar refractivity (Wildman–Crippen MR) is 136 cm³/mol. The molecule has 156 valence electrons. The van der Waals surface area contributed by atoms with E-state index in [0.29, 0.717) is 0 Å². The van der Waals surface area contributed by atoms with E-state index in [9.17, 15) is 0 Å². The van der Waals surface area contributed by atoms with Crippen LogP contribution in [0.4, 0.5) is 0 Å². The van der Waals surface area contributed by atoms with E-state index in [-0.39, 0.29) is 0 Å². The van der Waals surface area contributed by atoms with Crippen LogP contribution in [0, 0.1) is 6.92 Å². The van der Waals surface area contributed by atoms with Crippen LogP contribution >= 0.6 is 11.3 Å². The molecule has 0 amide bonds. The number of hydrogen-bond donors (Lipinski definition) is 0. The molecule has 0 unspecified atom stereocenters. The lowest BCUT2D eigenvalue weighted by atomic mass is 9.99. The van der Waals surface area contributed by atoms with E-state index in [2.05, 4.69) is 73.8 Å². The smallest absolute Gasteiger partial charge is 0.160 e. The van der Waals surface area contributed by atoms with Gasteiger partial charge in [0.05, 0.1) is 11.4 Å². The highest BCUT2D eigenvalue weighted by Gasteiger charge is 2.13. The van der Waals surface area contributed by atoms with Crippen molar-refractivity contribution < 1.29 is 0 Å². The van der Waals surface area contributed by atoms with Crippen molar-refractivity contribution in [3.63, 3.8) is 0 Å². The Bertz CT molecular complexity index is 1300. The first-order valence-corrected chi connectivity index (χ1v) is 11.8. The van der Waals surface area contributed by atoms with Crippen LogP contribution in [-0.4, -0.2) is 9.97 Å². The summed E-state index contributed by atoms with van der Waals surface area (Å²) in [5.41, 5.74) is 9.04. The summed E-state index contributed by atoms with van der Waals surface area (Å²) in [6.45, 7) is 4.43. The lowest BCUT2D eigenvalue weighted by Gasteiger charge is -2.11. The summed E-state index contributed by atoms with van der Waals surface area (Å²) in [7, 11) is 0. The molecule has 0 aliphatic carbocycles. The molecular formula is C29H24N2S. The number of hydrogen-bond acceptors (Lipinski definition) is 3. The maximum atomic E-state index is 4.97. The van der Waals surface area contributed by atoms with Gasteiger partial charge < -0.3 is 0 Å². The molecule has 0 radical (unpaired) electrons. The molecule has 3 aromatic carbocycles. The number of benzene rings is 3. The predicted octanol–water partition coefficient (Wildman–Crippen LogP) is 8.08. The molecule has 5 rings (SSSR count). The Morgan fingerprint density at radius 1 is 0.656 bits per heavy atom. The second kappa shape index (κ2) is 8.89. The van der Waals surface area contributed by atoms with Gasteiger partial charge in [0.1, 0.15) is 0 Å². The van der Waals surface area contributed by atoms with E-state index in [1.54, 1.807) is 0 Å². The molecular weight excluding hydrogens is 408 g/mol. The Labute approximate surface area is 193 Å². The summed E-state index contributed by atoms with van der Waals surface area (Å²) >= 11 is 1.82. The topological polar surface area (TPSA) is 25.8 Å². The summed E-state index contributed by atoms with van der Waals surface area (Å²) in [6.07, 6.45) is 1.03. The number of aromatic nitrogens is 2. The summed E-state index contributed by atoms with van der Waals surface area (Å²) in [5, 5.41) is 2.27. The van der Waals surface area contributed by atoms with E-state index in [0.717, 1.165) is 40.3 Å². The Hall–Kier alpha value is -3.56. The van der Waals surface area contributed by atoms with Crippen LogP contribution in [0.25, 0.3) is 45.0 Å².